The van der Waals surface area contributed by atoms with Gasteiger partial charge in [-0.05, 0) is 24.5 Å². The Kier molecular flexibility index (Phi) is 5.61. The van der Waals surface area contributed by atoms with Crippen LogP contribution >= 0.6 is 11.3 Å². The Balaban J connectivity index is 1.78. The zero-order chi connectivity index (χ0) is 18.9. The summed E-state index contributed by atoms with van der Waals surface area (Å²) in [5.41, 5.74) is 4.85. The van der Waals surface area contributed by atoms with E-state index in [-0.39, 0.29) is 11.8 Å². The number of carbonyl (C=O) groups is 1. The number of likely N-dealkylation sites (tertiary alicyclic amines) is 1. The van der Waals surface area contributed by atoms with E-state index in [1.807, 2.05) is 33.2 Å². The van der Waals surface area contributed by atoms with Gasteiger partial charge in [0.1, 0.15) is 0 Å². The summed E-state index contributed by atoms with van der Waals surface area (Å²) in [6.45, 7) is 9.29. The molecule has 1 aromatic heterocycles. The predicted molar refractivity (Wildman–Crippen MR) is 106 cm³/mol. The molecule has 2 aromatic rings. The summed E-state index contributed by atoms with van der Waals surface area (Å²) in [5, 5.41) is 10.5. The maximum atomic E-state index is 12.7. The summed E-state index contributed by atoms with van der Waals surface area (Å²) in [5.74, 6) is 0.242. The Morgan fingerprint density at radius 1 is 1.35 bits per heavy atom. The molecule has 1 aliphatic heterocycles. The van der Waals surface area contributed by atoms with Gasteiger partial charge in [-0.15, -0.1) is 11.3 Å². The Bertz CT molecular complexity index is 767. The van der Waals surface area contributed by atoms with Crippen molar-refractivity contribution in [3.05, 3.63) is 41.0 Å². The highest BCUT2D eigenvalue weighted by Gasteiger charge is 2.50. The molecule has 1 aromatic carbocycles. The molecule has 0 radical (unpaired) electrons. The molecule has 0 spiro atoms. The van der Waals surface area contributed by atoms with Crippen molar-refractivity contribution in [3.8, 4) is 10.4 Å². The minimum absolute atomic E-state index is 0.221. The first-order valence-corrected chi connectivity index (χ1v) is 10.2. The van der Waals surface area contributed by atoms with E-state index >= 15 is 0 Å². The van der Waals surface area contributed by atoms with Crippen LogP contribution in [0, 0.1) is 12.3 Å². The molecule has 1 N–H and O–H groups in total. The van der Waals surface area contributed by atoms with Crippen molar-refractivity contribution in [2.75, 3.05) is 6.54 Å². The minimum atomic E-state index is -0.479. The van der Waals surface area contributed by atoms with Gasteiger partial charge in [-0.3, -0.25) is 9.69 Å². The molecule has 5 heteroatoms. The first kappa shape index (κ1) is 19.2. The van der Waals surface area contributed by atoms with Crippen molar-refractivity contribution in [3.63, 3.8) is 0 Å². The molecule has 140 valence electrons. The second kappa shape index (κ2) is 7.59. The summed E-state index contributed by atoms with van der Waals surface area (Å²) < 4.78 is 0. The number of aromatic nitrogens is 1. The molecule has 0 bridgehead atoms. The molecule has 4 nitrogen and oxygen atoms in total. The lowest BCUT2D eigenvalue weighted by molar-refractivity contribution is -0.126. The van der Waals surface area contributed by atoms with Crippen molar-refractivity contribution >= 4 is 17.1 Å². The number of aliphatic hydroxyl groups is 1. The Morgan fingerprint density at radius 3 is 2.62 bits per heavy atom. The number of benzene rings is 1. The summed E-state index contributed by atoms with van der Waals surface area (Å²) >= 11 is 1.65. The van der Waals surface area contributed by atoms with Gasteiger partial charge >= 0.3 is 0 Å². The molecule has 0 aliphatic carbocycles. The van der Waals surface area contributed by atoms with E-state index in [0.29, 0.717) is 19.5 Å². The average molecular weight is 373 g/mol. The highest BCUT2D eigenvalue weighted by atomic mass is 32.1. The van der Waals surface area contributed by atoms with Crippen molar-refractivity contribution in [2.45, 2.75) is 59.2 Å². The largest absolute Gasteiger partial charge is 0.391 e. The van der Waals surface area contributed by atoms with E-state index in [1.54, 1.807) is 11.3 Å². The number of aliphatic hydroxyl groups excluding tert-OH is 1. The first-order valence-electron chi connectivity index (χ1n) is 9.28. The summed E-state index contributed by atoms with van der Waals surface area (Å²) in [6, 6.07) is 8.26. The van der Waals surface area contributed by atoms with Crippen LogP contribution in [0.4, 0.5) is 0 Å². The number of hydrogen-bond donors (Lipinski definition) is 1. The second-order valence-corrected chi connectivity index (χ2v) is 8.70. The number of ketones is 1. The predicted octanol–water partition coefficient (Wildman–Crippen LogP) is 4.06. The van der Waals surface area contributed by atoms with Gasteiger partial charge in [0.2, 0.25) is 0 Å². The number of Topliss-reactive ketones (excluding diaryl/α,β-unsaturated/α-hetero) is 1. The van der Waals surface area contributed by atoms with Crippen LogP contribution in [0.1, 0.15) is 44.9 Å². The van der Waals surface area contributed by atoms with E-state index in [4.69, 9.17) is 0 Å². The van der Waals surface area contributed by atoms with Crippen LogP contribution < -0.4 is 0 Å². The SMILES string of the molecule is CCCC(=O)C1N(Cc2ccc(-c3scnc3C)cc2)CC(O)C1(C)C. The quantitative estimate of drug-likeness (QED) is 0.831. The molecule has 2 unspecified atom stereocenters. The lowest BCUT2D eigenvalue weighted by Crippen LogP contribution is -2.44. The average Bonchev–Trinajstić information content (AvgIpc) is 3.10. The van der Waals surface area contributed by atoms with Crippen LogP contribution in [-0.2, 0) is 11.3 Å². The van der Waals surface area contributed by atoms with Crippen molar-refractivity contribution in [1.29, 1.82) is 0 Å². The Labute approximate surface area is 159 Å². The lowest BCUT2D eigenvalue weighted by Gasteiger charge is -2.32. The van der Waals surface area contributed by atoms with Gasteiger partial charge in [0.05, 0.1) is 28.2 Å². The van der Waals surface area contributed by atoms with Gasteiger partial charge in [0.15, 0.2) is 5.78 Å². The standard InChI is InChI=1S/C21H28N2O2S/c1-5-6-17(24)20-21(3,4)18(25)12-23(20)11-15-7-9-16(10-8-15)19-14(2)22-13-26-19/h7-10,13,18,20,25H,5-6,11-12H2,1-4H3. The molecular formula is C21H28N2O2S. The molecule has 1 fully saturated rings. The topological polar surface area (TPSA) is 53.4 Å². The zero-order valence-electron chi connectivity index (χ0n) is 16.0. The van der Waals surface area contributed by atoms with Gasteiger partial charge < -0.3 is 5.11 Å². The third-order valence-electron chi connectivity index (χ3n) is 5.48. The molecule has 2 atom stereocenters. The van der Waals surface area contributed by atoms with Gasteiger partial charge in [0, 0.05) is 24.9 Å². The molecule has 0 amide bonds. The smallest absolute Gasteiger partial charge is 0.150 e. The first-order chi connectivity index (χ1) is 12.3. The minimum Gasteiger partial charge on any atom is -0.391 e. The van der Waals surface area contributed by atoms with Crippen molar-refractivity contribution in [2.24, 2.45) is 5.41 Å². The number of β-amino-alcohol motifs (C(OH)–C–C–N with tert-alkyl or cyclic N) is 1. The van der Waals surface area contributed by atoms with Gasteiger partial charge in [0.25, 0.3) is 0 Å². The zero-order valence-corrected chi connectivity index (χ0v) is 16.8. The molecule has 2 heterocycles. The van der Waals surface area contributed by atoms with E-state index in [0.717, 1.165) is 17.7 Å². The fourth-order valence-corrected chi connectivity index (χ4v) is 4.76. The maximum absolute atomic E-state index is 12.7. The molecular weight excluding hydrogens is 344 g/mol. The molecule has 1 aliphatic rings. The number of hydrogen-bond acceptors (Lipinski definition) is 5. The summed E-state index contributed by atoms with van der Waals surface area (Å²) in [7, 11) is 0. The normalized spacial score (nSPS) is 22.7. The Hall–Kier alpha value is -1.56. The Morgan fingerprint density at radius 2 is 2.04 bits per heavy atom. The van der Waals surface area contributed by atoms with Crippen LogP contribution in [0.5, 0.6) is 0 Å². The van der Waals surface area contributed by atoms with E-state index in [2.05, 4.69) is 34.1 Å². The van der Waals surface area contributed by atoms with E-state index in [9.17, 15) is 9.90 Å². The monoisotopic (exact) mass is 372 g/mol. The third-order valence-corrected chi connectivity index (χ3v) is 6.46. The lowest BCUT2D eigenvalue weighted by atomic mass is 9.79. The number of thiazole rings is 1. The van der Waals surface area contributed by atoms with Crippen LogP contribution in [0.2, 0.25) is 0 Å². The molecule has 3 rings (SSSR count). The molecule has 1 saturated heterocycles. The summed E-state index contributed by atoms with van der Waals surface area (Å²) in [4.78, 5) is 20.4. The van der Waals surface area contributed by atoms with Crippen LogP contribution in [-0.4, -0.2) is 39.5 Å². The van der Waals surface area contributed by atoms with Gasteiger partial charge in [-0.1, -0.05) is 45.0 Å². The van der Waals surface area contributed by atoms with E-state index < -0.39 is 11.5 Å². The number of nitrogens with zero attached hydrogens (tertiary/aromatic N) is 2. The fourth-order valence-electron chi connectivity index (χ4n) is 3.95. The van der Waals surface area contributed by atoms with Crippen LogP contribution in [0.15, 0.2) is 29.8 Å². The molecule has 0 saturated carbocycles. The number of rotatable bonds is 6. The number of carbonyl (C=O) groups excluding carboxylic acids is 1. The maximum Gasteiger partial charge on any atom is 0.150 e. The summed E-state index contributed by atoms with van der Waals surface area (Å²) in [6.07, 6.45) is 0.937. The van der Waals surface area contributed by atoms with Gasteiger partial charge in [-0.25, -0.2) is 4.98 Å². The van der Waals surface area contributed by atoms with Gasteiger partial charge in [-0.2, -0.15) is 0 Å². The second-order valence-electron chi connectivity index (χ2n) is 7.85. The van der Waals surface area contributed by atoms with Crippen LogP contribution in [0.3, 0.4) is 0 Å². The number of aryl methyl sites for hydroxylation is 1. The molecule has 26 heavy (non-hydrogen) atoms. The third kappa shape index (κ3) is 3.61. The van der Waals surface area contributed by atoms with E-state index in [1.165, 1.54) is 10.4 Å². The fraction of sp³-hybridized carbons (Fsp3) is 0.524. The highest BCUT2D eigenvalue weighted by molar-refractivity contribution is 7.13. The van der Waals surface area contributed by atoms with Crippen molar-refractivity contribution in [1.82, 2.24) is 9.88 Å². The van der Waals surface area contributed by atoms with Crippen LogP contribution in [0.25, 0.3) is 10.4 Å². The highest BCUT2D eigenvalue weighted by Crippen LogP contribution is 2.38. The van der Waals surface area contributed by atoms with Crippen molar-refractivity contribution < 1.29 is 9.90 Å².